The maximum atomic E-state index is 13.4. The van der Waals surface area contributed by atoms with Gasteiger partial charge in [-0.1, -0.05) is 35.6 Å². The summed E-state index contributed by atoms with van der Waals surface area (Å²) in [6, 6.07) is 19.8. The van der Waals surface area contributed by atoms with Crippen LogP contribution in [0.3, 0.4) is 0 Å². The van der Waals surface area contributed by atoms with Crippen molar-refractivity contribution < 1.29 is 28.2 Å². The fourth-order valence-corrected chi connectivity index (χ4v) is 4.67. The van der Waals surface area contributed by atoms with E-state index in [1.165, 1.54) is 28.4 Å². The third-order valence-electron chi connectivity index (χ3n) is 5.73. The number of para-hydroxylation sites is 1. The summed E-state index contributed by atoms with van der Waals surface area (Å²) >= 11 is 1.38. The topological polar surface area (TPSA) is 101 Å². The fraction of sp³-hybridized carbons (Fsp3) is 0.185. The smallest absolute Gasteiger partial charge is 0.338 e. The predicted octanol–water partition coefficient (Wildman–Crippen LogP) is 4.55. The van der Waals surface area contributed by atoms with Crippen molar-refractivity contribution in [3.63, 3.8) is 0 Å². The van der Waals surface area contributed by atoms with Crippen molar-refractivity contribution >= 4 is 50.2 Å². The number of epoxide rings is 1. The largest absolute Gasteiger partial charge is 0.464 e. The van der Waals surface area contributed by atoms with Gasteiger partial charge in [0.1, 0.15) is 5.82 Å². The Labute approximate surface area is 215 Å². The third kappa shape index (κ3) is 5.50. The summed E-state index contributed by atoms with van der Waals surface area (Å²) in [5.41, 5.74) is 2.35. The van der Waals surface area contributed by atoms with Crippen molar-refractivity contribution in [1.82, 2.24) is 4.98 Å². The van der Waals surface area contributed by atoms with Gasteiger partial charge in [0.15, 0.2) is 17.3 Å². The lowest BCUT2D eigenvalue weighted by Gasteiger charge is -2.22. The van der Waals surface area contributed by atoms with Crippen LogP contribution in [-0.4, -0.2) is 41.6 Å². The molecule has 37 heavy (non-hydrogen) atoms. The van der Waals surface area contributed by atoms with E-state index in [1.54, 1.807) is 43.3 Å². The number of amides is 2. The number of fused-ring (bicyclic) bond motifs is 1. The standard InChI is InChI=1S/C27H22FN3O5S/c1-2-35-26(34)23-22(36-23)25(33)31(15-16-7-11-18(28)12-8-16)19-13-9-17(10-14-19)24(32)30-27-29-20-5-3-4-6-21(20)37-27/h3-14,22-23H,2,15H2,1H3,(H,29,30,32)/t22-,23-/m0/s1. The zero-order valence-corrected chi connectivity index (χ0v) is 20.5. The fourth-order valence-electron chi connectivity index (χ4n) is 3.81. The first-order valence-corrected chi connectivity index (χ1v) is 12.4. The number of rotatable bonds is 8. The van der Waals surface area contributed by atoms with E-state index in [9.17, 15) is 18.8 Å². The van der Waals surface area contributed by atoms with Crippen LogP contribution in [0.5, 0.6) is 0 Å². The molecule has 1 saturated heterocycles. The number of anilines is 2. The Kier molecular flexibility index (Phi) is 6.93. The summed E-state index contributed by atoms with van der Waals surface area (Å²) in [4.78, 5) is 43.9. The van der Waals surface area contributed by atoms with E-state index >= 15 is 0 Å². The van der Waals surface area contributed by atoms with Gasteiger partial charge in [-0.2, -0.15) is 0 Å². The number of nitrogens with zero attached hydrogens (tertiary/aromatic N) is 2. The molecule has 1 fully saturated rings. The van der Waals surface area contributed by atoms with Gasteiger partial charge in [0.2, 0.25) is 0 Å². The van der Waals surface area contributed by atoms with Gasteiger partial charge in [-0.3, -0.25) is 14.9 Å². The van der Waals surface area contributed by atoms with Crippen molar-refractivity contribution in [3.05, 3.63) is 89.7 Å². The van der Waals surface area contributed by atoms with Crippen LogP contribution in [0, 0.1) is 5.82 Å². The molecule has 3 aromatic carbocycles. The van der Waals surface area contributed by atoms with Gasteiger partial charge in [0, 0.05) is 11.3 Å². The van der Waals surface area contributed by atoms with E-state index < -0.39 is 29.9 Å². The number of ether oxygens (including phenoxy) is 2. The number of halogens is 1. The van der Waals surface area contributed by atoms with Gasteiger partial charge >= 0.3 is 5.97 Å². The molecule has 0 spiro atoms. The Morgan fingerprint density at radius 1 is 1.03 bits per heavy atom. The Balaban J connectivity index is 1.34. The molecule has 8 nitrogen and oxygen atoms in total. The molecule has 0 bridgehead atoms. The van der Waals surface area contributed by atoms with E-state index in [0.29, 0.717) is 21.9 Å². The van der Waals surface area contributed by atoms with Gasteiger partial charge < -0.3 is 14.4 Å². The average Bonchev–Trinajstić information content (AvgIpc) is 3.61. The zero-order chi connectivity index (χ0) is 25.9. The highest BCUT2D eigenvalue weighted by atomic mass is 32.1. The monoisotopic (exact) mass is 519 g/mol. The van der Waals surface area contributed by atoms with Gasteiger partial charge in [0.05, 0.1) is 23.4 Å². The van der Waals surface area contributed by atoms with Crippen LogP contribution in [0.2, 0.25) is 0 Å². The second-order valence-corrected chi connectivity index (χ2v) is 9.30. The average molecular weight is 520 g/mol. The van der Waals surface area contributed by atoms with Crippen molar-refractivity contribution in [2.45, 2.75) is 25.7 Å². The number of thiazole rings is 1. The van der Waals surface area contributed by atoms with Crippen molar-refractivity contribution in [1.29, 1.82) is 0 Å². The minimum Gasteiger partial charge on any atom is -0.464 e. The minimum atomic E-state index is -0.971. The lowest BCUT2D eigenvalue weighted by atomic mass is 10.1. The second kappa shape index (κ2) is 10.5. The summed E-state index contributed by atoms with van der Waals surface area (Å²) in [6.45, 7) is 1.97. The molecule has 1 aliphatic rings. The first-order chi connectivity index (χ1) is 17.9. The second-order valence-electron chi connectivity index (χ2n) is 8.27. The van der Waals surface area contributed by atoms with Gasteiger partial charge in [-0.15, -0.1) is 0 Å². The molecular formula is C27H22FN3O5S. The molecule has 0 radical (unpaired) electrons. The molecule has 2 heterocycles. The SMILES string of the molecule is CCOC(=O)[C@H]1O[C@@H]1C(=O)N(Cc1ccc(F)cc1)c1ccc(C(=O)Nc2nc3ccccc3s2)cc1. The van der Waals surface area contributed by atoms with E-state index in [1.807, 2.05) is 24.3 Å². The molecule has 5 rings (SSSR count). The minimum absolute atomic E-state index is 0.117. The molecular weight excluding hydrogens is 497 g/mol. The highest BCUT2D eigenvalue weighted by molar-refractivity contribution is 7.22. The summed E-state index contributed by atoms with van der Waals surface area (Å²) in [6.07, 6.45) is -1.93. The summed E-state index contributed by atoms with van der Waals surface area (Å²) in [5, 5.41) is 3.29. The normalized spacial score (nSPS) is 16.3. The first-order valence-electron chi connectivity index (χ1n) is 11.6. The number of aromatic nitrogens is 1. The third-order valence-corrected chi connectivity index (χ3v) is 6.68. The maximum absolute atomic E-state index is 13.4. The molecule has 188 valence electrons. The number of esters is 1. The molecule has 10 heteroatoms. The van der Waals surface area contributed by atoms with Crippen LogP contribution in [0.15, 0.2) is 72.8 Å². The van der Waals surface area contributed by atoms with Crippen molar-refractivity contribution in [2.75, 3.05) is 16.8 Å². The van der Waals surface area contributed by atoms with Crippen molar-refractivity contribution in [3.8, 4) is 0 Å². The van der Waals surface area contributed by atoms with Crippen LogP contribution in [0.1, 0.15) is 22.8 Å². The molecule has 4 aromatic rings. The number of carbonyl (C=O) groups excluding carboxylic acids is 3. The molecule has 1 aliphatic heterocycles. The number of carbonyl (C=O) groups is 3. The van der Waals surface area contributed by atoms with Gasteiger partial charge in [0.25, 0.3) is 11.8 Å². The Bertz CT molecular complexity index is 1420. The van der Waals surface area contributed by atoms with E-state index in [-0.39, 0.29) is 19.1 Å². The summed E-state index contributed by atoms with van der Waals surface area (Å²) in [5.74, 6) is -1.76. The van der Waals surface area contributed by atoms with Crippen LogP contribution >= 0.6 is 11.3 Å². The Morgan fingerprint density at radius 3 is 2.46 bits per heavy atom. The van der Waals surface area contributed by atoms with Crippen molar-refractivity contribution in [2.24, 2.45) is 0 Å². The lowest BCUT2D eigenvalue weighted by molar-refractivity contribution is -0.144. The molecule has 2 amide bonds. The molecule has 0 aliphatic carbocycles. The predicted molar refractivity (Wildman–Crippen MR) is 137 cm³/mol. The molecule has 1 N–H and O–H groups in total. The zero-order valence-electron chi connectivity index (χ0n) is 19.7. The van der Waals surface area contributed by atoms with Crippen LogP contribution in [-0.2, 0) is 25.6 Å². The highest BCUT2D eigenvalue weighted by Crippen LogP contribution is 2.30. The number of nitrogens with one attached hydrogen (secondary N) is 1. The molecule has 2 atom stereocenters. The summed E-state index contributed by atoms with van der Waals surface area (Å²) < 4.78 is 24.6. The highest BCUT2D eigenvalue weighted by Gasteiger charge is 2.53. The first kappa shape index (κ1) is 24.5. The maximum Gasteiger partial charge on any atom is 0.338 e. The molecule has 0 saturated carbocycles. The number of benzene rings is 3. The lowest BCUT2D eigenvalue weighted by Crippen LogP contribution is -2.36. The van der Waals surface area contributed by atoms with Crippen LogP contribution < -0.4 is 10.2 Å². The van der Waals surface area contributed by atoms with E-state index in [0.717, 1.165) is 10.2 Å². The van der Waals surface area contributed by atoms with E-state index in [4.69, 9.17) is 9.47 Å². The molecule has 1 aromatic heterocycles. The summed E-state index contributed by atoms with van der Waals surface area (Å²) in [7, 11) is 0. The van der Waals surface area contributed by atoms with Crippen LogP contribution in [0.4, 0.5) is 15.2 Å². The number of hydrogen-bond donors (Lipinski definition) is 1. The van der Waals surface area contributed by atoms with Gasteiger partial charge in [-0.05, 0) is 61.0 Å². The van der Waals surface area contributed by atoms with Crippen LogP contribution in [0.25, 0.3) is 10.2 Å². The van der Waals surface area contributed by atoms with E-state index in [2.05, 4.69) is 10.3 Å². The number of hydrogen-bond acceptors (Lipinski definition) is 7. The quantitative estimate of drug-likeness (QED) is 0.271. The Hall–Kier alpha value is -4.15. The molecule has 0 unspecified atom stereocenters. The van der Waals surface area contributed by atoms with Gasteiger partial charge in [-0.25, -0.2) is 14.2 Å². The Morgan fingerprint density at radius 2 is 1.76 bits per heavy atom.